The number of hydrogen-bond acceptors (Lipinski definition) is 6. The monoisotopic (exact) mass is 240 g/mol. The number of anilines is 1. The van der Waals surface area contributed by atoms with Crippen LogP contribution in [0.3, 0.4) is 0 Å². The third-order valence-electron chi connectivity index (χ3n) is 3.05. The van der Waals surface area contributed by atoms with Crippen LogP contribution in [0.2, 0.25) is 0 Å². The second kappa shape index (κ2) is 4.27. The lowest BCUT2D eigenvalue weighted by atomic mass is 10.3. The van der Waals surface area contributed by atoms with Crippen molar-refractivity contribution < 1.29 is 4.74 Å². The largest absolute Gasteiger partial charge is 0.373 e. The number of morpholine rings is 1. The predicted octanol–water partition coefficient (Wildman–Crippen LogP) is 0.579. The number of nitrogens with two attached hydrogens (primary N) is 1. The molecule has 1 saturated heterocycles. The molecule has 1 saturated carbocycles. The Balaban J connectivity index is 1.70. The molecule has 6 heteroatoms. The second-order valence-electron chi connectivity index (χ2n) is 4.38. The maximum atomic E-state index is 5.62. The zero-order valence-electron chi connectivity index (χ0n) is 9.13. The Morgan fingerprint density at radius 2 is 2.38 bits per heavy atom. The molecule has 0 bridgehead atoms. The fraction of sp³-hybridized carbons (Fsp3) is 0.800. The molecule has 88 valence electrons. The molecule has 1 aromatic rings. The molecule has 1 aliphatic carbocycles. The topological polar surface area (TPSA) is 64.3 Å². The van der Waals surface area contributed by atoms with Crippen molar-refractivity contribution in [1.82, 2.24) is 9.36 Å². The summed E-state index contributed by atoms with van der Waals surface area (Å²) in [5.41, 5.74) is 5.62. The van der Waals surface area contributed by atoms with E-state index in [9.17, 15) is 0 Å². The third kappa shape index (κ3) is 2.05. The molecular formula is C10H16N4OS. The van der Waals surface area contributed by atoms with E-state index in [-0.39, 0.29) is 6.10 Å². The highest BCUT2D eigenvalue weighted by Gasteiger charge is 2.29. The van der Waals surface area contributed by atoms with Crippen LogP contribution in [-0.4, -0.2) is 41.7 Å². The molecule has 2 fully saturated rings. The molecule has 1 aromatic heterocycles. The first-order chi connectivity index (χ1) is 7.86. The fourth-order valence-electron chi connectivity index (χ4n) is 1.90. The van der Waals surface area contributed by atoms with E-state index in [0.717, 1.165) is 30.7 Å². The van der Waals surface area contributed by atoms with E-state index in [1.165, 1.54) is 24.4 Å². The van der Waals surface area contributed by atoms with Gasteiger partial charge >= 0.3 is 0 Å². The summed E-state index contributed by atoms with van der Waals surface area (Å²) in [5.74, 6) is 1.67. The van der Waals surface area contributed by atoms with Crippen molar-refractivity contribution >= 4 is 16.7 Å². The van der Waals surface area contributed by atoms with Gasteiger partial charge in [-0.15, -0.1) is 0 Å². The van der Waals surface area contributed by atoms with E-state index in [1.54, 1.807) is 0 Å². The quantitative estimate of drug-likeness (QED) is 0.837. The highest BCUT2D eigenvalue weighted by atomic mass is 32.1. The number of hydrogen-bond donors (Lipinski definition) is 1. The van der Waals surface area contributed by atoms with Crippen LogP contribution in [0, 0.1) is 0 Å². The normalized spacial score (nSPS) is 26.1. The van der Waals surface area contributed by atoms with Gasteiger partial charge in [0.25, 0.3) is 0 Å². The molecule has 0 aromatic carbocycles. The van der Waals surface area contributed by atoms with Crippen LogP contribution in [0.4, 0.5) is 5.13 Å². The van der Waals surface area contributed by atoms with Crippen molar-refractivity contribution in [3.63, 3.8) is 0 Å². The second-order valence-corrected chi connectivity index (χ2v) is 5.11. The van der Waals surface area contributed by atoms with Crippen LogP contribution in [0.5, 0.6) is 0 Å². The number of aromatic nitrogens is 2. The molecule has 3 rings (SSSR count). The average molecular weight is 240 g/mol. The van der Waals surface area contributed by atoms with Gasteiger partial charge in [-0.25, -0.2) is 4.98 Å². The maximum absolute atomic E-state index is 5.62. The van der Waals surface area contributed by atoms with Crippen molar-refractivity contribution in [2.24, 2.45) is 5.73 Å². The minimum atomic E-state index is 0.141. The Kier molecular flexibility index (Phi) is 2.79. The van der Waals surface area contributed by atoms with E-state index >= 15 is 0 Å². The van der Waals surface area contributed by atoms with E-state index in [2.05, 4.69) is 14.3 Å². The van der Waals surface area contributed by atoms with Crippen molar-refractivity contribution in [2.75, 3.05) is 31.1 Å². The third-order valence-corrected chi connectivity index (χ3v) is 3.84. The molecule has 1 unspecified atom stereocenters. The summed E-state index contributed by atoms with van der Waals surface area (Å²) in [6, 6.07) is 0. The van der Waals surface area contributed by atoms with E-state index < -0.39 is 0 Å². The highest BCUT2D eigenvalue weighted by molar-refractivity contribution is 7.09. The molecule has 0 spiro atoms. The minimum absolute atomic E-state index is 0.141. The van der Waals surface area contributed by atoms with Gasteiger partial charge < -0.3 is 15.4 Å². The molecule has 2 aliphatic rings. The van der Waals surface area contributed by atoms with Gasteiger partial charge in [-0.1, -0.05) is 0 Å². The summed E-state index contributed by atoms with van der Waals surface area (Å²) in [5, 5.41) is 1.03. The van der Waals surface area contributed by atoms with E-state index in [4.69, 9.17) is 10.5 Å². The Hall–Kier alpha value is -0.720. The van der Waals surface area contributed by atoms with Crippen LogP contribution < -0.4 is 10.6 Å². The van der Waals surface area contributed by atoms with Gasteiger partial charge in [0.1, 0.15) is 5.82 Å². The molecule has 5 nitrogen and oxygen atoms in total. The molecule has 16 heavy (non-hydrogen) atoms. The molecule has 0 radical (unpaired) electrons. The molecule has 2 heterocycles. The molecule has 1 aliphatic heterocycles. The highest BCUT2D eigenvalue weighted by Crippen LogP contribution is 2.39. The van der Waals surface area contributed by atoms with Gasteiger partial charge in [0.2, 0.25) is 5.13 Å². The van der Waals surface area contributed by atoms with Crippen LogP contribution in [-0.2, 0) is 4.74 Å². The fourth-order valence-corrected chi connectivity index (χ4v) is 2.68. The van der Waals surface area contributed by atoms with Gasteiger partial charge in [-0.05, 0) is 12.8 Å². The number of rotatable bonds is 3. The summed E-state index contributed by atoms with van der Waals surface area (Å²) >= 11 is 1.51. The van der Waals surface area contributed by atoms with Gasteiger partial charge in [0, 0.05) is 37.1 Å². The van der Waals surface area contributed by atoms with Crippen LogP contribution in [0.25, 0.3) is 0 Å². The summed E-state index contributed by atoms with van der Waals surface area (Å²) in [4.78, 5) is 6.84. The minimum Gasteiger partial charge on any atom is -0.373 e. The zero-order valence-corrected chi connectivity index (χ0v) is 9.95. The zero-order chi connectivity index (χ0) is 11.0. The van der Waals surface area contributed by atoms with Gasteiger partial charge in [0.15, 0.2) is 0 Å². The van der Waals surface area contributed by atoms with Gasteiger partial charge in [0.05, 0.1) is 12.7 Å². The summed E-state index contributed by atoms with van der Waals surface area (Å²) < 4.78 is 9.96. The van der Waals surface area contributed by atoms with Gasteiger partial charge in [-0.3, -0.25) is 0 Å². The first-order valence-electron chi connectivity index (χ1n) is 5.77. The van der Waals surface area contributed by atoms with Gasteiger partial charge in [-0.2, -0.15) is 4.37 Å². The van der Waals surface area contributed by atoms with Crippen LogP contribution >= 0.6 is 11.5 Å². The average Bonchev–Trinajstić information content (AvgIpc) is 3.07. The van der Waals surface area contributed by atoms with E-state index in [0.29, 0.717) is 12.5 Å². The Morgan fingerprint density at radius 1 is 1.50 bits per heavy atom. The first kappa shape index (κ1) is 10.4. The number of ether oxygens (including phenoxy) is 1. The maximum Gasteiger partial charge on any atom is 0.205 e. The van der Waals surface area contributed by atoms with Crippen LogP contribution in [0.1, 0.15) is 24.6 Å². The van der Waals surface area contributed by atoms with Crippen molar-refractivity contribution in [1.29, 1.82) is 0 Å². The lowest BCUT2D eigenvalue weighted by Crippen LogP contribution is -2.45. The Bertz CT molecular complexity index is 365. The summed E-state index contributed by atoms with van der Waals surface area (Å²) in [7, 11) is 0. The lowest BCUT2D eigenvalue weighted by Gasteiger charge is -2.31. The Morgan fingerprint density at radius 3 is 3.12 bits per heavy atom. The molecular weight excluding hydrogens is 224 g/mol. The van der Waals surface area contributed by atoms with Crippen molar-refractivity contribution in [2.45, 2.75) is 24.9 Å². The SMILES string of the molecule is NCC1CN(c2nc(C3CC3)ns2)CCO1. The molecule has 1 atom stereocenters. The van der Waals surface area contributed by atoms with Crippen LogP contribution in [0.15, 0.2) is 0 Å². The lowest BCUT2D eigenvalue weighted by molar-refractivity contribution is 0.0465. The van der Waals surface area contributed by atoms with E-state index in [1.807, 2.05) is 0 Å². The molecule has 0 amide bonds. The number of nitrogens with zero attached hydrogens (tertiary/aromatic N) is 3. The molecule has 2 N–H and O–H groups in total. The summed E-state index contributed by atoms with van der Waals surface area (Å²) in [6.07, 6.45) is 2.65. The van der Waals surface area contributed by atoms with Crippen molar-refractivity contribution in [3.05, 3.63) is 5.82 Å². The predicted molar refractivity (Wildman–Crippen MR) is 62.9 cm³/mol. The first-order valence-corrected chi connectivity index (χ1v) is 6.54. The smallest absolute Gasteiger partial charge is 0.205 e. The van der Waals surface area contributed by atoms with Crippen molar-refractivity contribution in [3.8, 4) is 0 Å². The standard InChI is InChI=1S/C10H16N4OS/c11-5-8-6-14(3-4-15-8)10-12-9(13-16-10)7-1-2-7/h7-8H,1-6,11H2. The summed E-state index contributed by atoms with van der Waals surface area (Å²) in [6.45, 7) is 3.05. The Labute approximate surface area is 98.8 Å².